The molecule has 0 bridgehead atoms. The van der Waals surface area contributed by atoms with Gasteiger partial charge in [-0.05, 0) is 18.9 Å². The first-order valence-corrected chi connectivity index (χ1v) is 8.71. The smallest absolute Gasteiger partial charge is 0.330 e. The zero-order valence-corrected chi connectivity index (χ0v) is 15.1. The molecule has 2 unspecified atom stereocenters. The van der Waals surface area contributed by atoms with Crippen molar-refractivity contribution in [1.82, 2.24) is 5.32 Å². The molecule has 1 aromatic rings. The van der Waals surface area contributed by atoms with Crippen molar-refractivity contribution in [3.63, 3.8) is 0 Å². The second-order valence-electron chi connectivity index (χ2n) is 6.98. The van der Waals surface area contributed by atoms with Crippen LogP contribution >= 0.6 is 0 Å². The van der Waals surface area contributed by atoms with E-state index in [2.05, 4.69) is 5.32 Å². The second kappa shape index (κ2) is 7.83. The number of benzene rings is 1. The molecular weight excluding hydrogens is 318 g/mol. The summed E-state index contributed by atoms with van der Waals surface area (Å²) in [5.41, 5.74) is -0.832. The van der Waals surface area contributed by atoms with Gasteiger partial charge in [-0.15, -0.1) is 0 Å². The highest BCUT2D eigenvalue weighted by molar-refractivity contribution is 5.89. The number of ether oxygens (including phenoxy) is 1. The van der Waals surface area contributed by atoms with Gasteiger partial charge in [0.2, 0.25) is 5.91 Å². The van der Waals surface area contributed by atoms with Crippen molar-refractivity contribution in [2.75, 3.05) is 6.61 Å². The normalized spacial score (nSPS) is 24.7. The summed E-state index contributed by atoms with van der Waals surface area (Å²) < 4.78 is 5.60. The van der Waals surface area contributed by atoms with Crippen LogP contribution in [0.25, 0.3) is 6.08 Å². The quantitative estimate of drug-likeness (QED) is 0.758. The molecule has 1 aliphatic rings. The Labute approximate surface area is 149 Å². The predicted octanol–water partition coefficient (Wildman–Crippen LogP) is 3.25. The zero-order chi connectivity index (χ0) is 18.5. The third-order valence-electron chi connectivity index (χ3n) is 5.13. The molecule has 1 aliphatic carbocycles. The van der Waals surface area contributed by atoms with Crippen molar-refractivity contribution in [3.8, 4) is 0 Å². The lowest BCUT2D eigenvalue weighted by atomic mass is 9.54. The van der Waals surface area contributed by atoms with Gasteiger partial charge in [0, 0.05) is 24.9 Å². The minimum atomic E-state index is -1.26. The standard InChI is InChI=1S/C20H27NO4/c1-4-25-16-14-20(18(23)24,19(16,2)3)21-17(22)13-9-8-12-15-10-6-5-7-11-15/h5-8,10-12,16H,4,9,13-14H2,1-3H3,(H,21,22)(H,23,24)/b12-8+. The first-order valence-electron chi connectivity index (χ1n) is 8.71. The number of carbonyl (C=O) groups is 2. The highest BCUT2D eigenvalue weighted by atomic mass is 16.5. The molecule has 2 N–H and O–H groups in total. The largest absolute Gasteiger partial charge is 0.479 e. The number of carbonyl (C=O) groups excluding carboxylic acids is 1. The summed E-state index contributed by atoms with van der Waals surface area (Å²) in [4.78, 5) is 24.1. The fourth-order valence-corrected chi connectivity index (χ4v) is 3.34. The van der Waals surface area contributed by atoms with E-state index >= 15 is 0 Å². The molecule has 0 aliphatic heterocycles. The molecule has 0 spiro atoms. The van der Waals surface area contributed by atoms with E-state index < -0.39 is 16.9 Å². The first kappa shape index (κ1) is 19.2. The van der Waals surface area contributed by atoms with Gasteiger partial charge in [-0.25, -0.2) is 4.79 Å². The highest BCUT2D eigenvalue weighted by Gasteiger charge is 2.66. The van der Waals surface area contributed by atoms with Crippen LogP contribution < -0.4 is 5.32 Å². The number of carboxylic acids is 1. The number of hydrogen-bond acceptors (Lipinski definition) is 3. The number of rotatable bonds is 8. The van der Waals surface area contributed by atoms with E-state index in [4.69, 9.17) is 4.74 Å². The topological polar surface area (TPSA) is 75.6 Å². The Bertz CT molecular complexity index is 638. The second-order valence-corrected chi connectivity index (χ2v) is 6.98. The van der Waals surface area contributed by atoms with E-state index in [1.54, 1.807) is 0 Å². The monoisotopic (exact) mass is 345 g/mol. The maximum atomic E-state index is 12.3. The van der Waals surface area contributed by atoms with Crippen LogP contribution in [0.2, 0.25) is 0 Å². The predicted molar refractivity (Wildman–Crippen MR) is 97.0 cm³/mol. The number of aliphatic carboxylic acids is 1. The number of nitrogens with one attached hydrogen (secondary N) is 1. The van der Waals surface area contributed by atoms with Crippen LogP contribution in [0.15, 0.2) is 36.4 Å². The molecule has 5 nitrogen and oxygen atoms in total. The van der Waals surface area contributed by atoms with Crippen molar-refractivity contribution in [1.29, 1.82) is 0 Å². The van der Waals surface area contributed by atoms with Crippen molar-refractivity contribution in [2.24, 2.45) is 5.41 Å². The third kappa shape index (κ3) is 3.93. The number of carboxylic acid groups (broad SMARTS) is 1. The zero-order valence-electron chi connectivity index (χ0n) is 15.1. The van der Waals surface area contributed by atoms with Crippen LogP contribution in [0.5, 0.6) is 0 Å². The molecule has 0 heterocycles. The van der Waals surface area contributed by atoms with Crippen molar-refractivity contribution >= 4 is 18.0 Å². The summed E-state index contributed by atoms with van der Waals surface area (Å²) in [5, 5.41) is 12.4. The molecular formula is C20H27NO4. The number of allylic oxidation sites excluding steroid dienone is 1. The Morgan fingerprint density at radius 3 is 2.56 bits per heavy atom. The molecule has 1 saturated carbocycles. The molecule has 25 heavy (non-hydrogen) atoms. The fraction of sp³-hybridized carbons (Fsp3) is 0.500. The maximum Gasteiger partial charge on any atom is 0.330 e. The van der Waals surface area contributed by atoms with Gasteiger partial charge in [0.1, 0.15) is 5.54 Å². The van der Waals surface area contributed by atoms with Crippen LogP contribution in [0.4, 0.5) is 0 Å². The SMILES string of the molecule is CCOC1CC(NC(=O)CC/C=C/c2ccccc2)(C(=O)O)C1(C)C. The Balaban J connectivity index is 1.91. The third-order valence-corrected chi connectivity index (χ3v) is 5.13. The lowest BCUT2D eigenvalue weighted by Crippen LogP contribution is -2.76. The van der Waals surface area contributed by atoms with E-state index in [0.29, 0.717) is 19.4 Å². The Hall–Kier alpha value is -2.14. The average molecular weight is 345 g/mol. The molecule has 2 atom stereocenters. The van der Waals surface area contributed by atoms with E-state index in [9.17, 15) is 14.7 Å². The lowest BCUT2D eigenvalue weighted by molar-refractivity contribution is -0.194. The number of hydrogen-bond donors (Lipinski definition) is 2. The van der Waals surface area contributed by atoms with Gasteiger partial charge in [0.15, 0.2) is 0 Å². The number of amides is 1. The van der Waals surface area contributed by atoms with Crippen LogP contribution in [-0.2, 0) is 14.3 Å². The van der Waals surface area contributed by atoms with Gasteiger partial charge < -0.3 is 15.2 Å². The van der Waals surface area contributed by atoms with Gasteiger partial charge >= 0.3 is 5.97 Å². The molecule has 136 valence electrons. The van der Waals surface area contributed by atoms with Crippen LogP contribution in [0.1, 0.15) is 45.6 Å². The molecule has 1 fully saturated rings. The molecule has 0 aromatic heterocycles. The van der Waals surface area contributed by atoms with Crippen molar-refractivity contribution in [2.45, 2.75) is 51.7 Å². The molecule has 0 radical (unpaired) electrons. The Kier molecular flexibility index (Phi) is 6.01. The summed E-state index contributed by atoms with van der Waals surface area (Å²) in [6, 6.07) is 9.83. The van der Waals surface area contributed by atoms with Crippen molar-refractivity contribution < 1.29 is 19.4 Å². The minimum Gasteiger partial charge on any atom is -0.479 e. The van der Waals surface area contributed by atoms with Gasteiger partial charge in [-0.2, -0.15) is 0 Å². The minimum absolute atomic E-state index is 0.160. The molecule has 0 saturated heterocycles. The molecule has 1 aromatic carbocycles. The van der Waals surface area contributed by atoms with E-state index in [1.165, 1.54) is 0 Å². The fourth-order valence-electron chi connectivity index (χ4n) is 3.34. The van der Waals surface area contributed by atoms with Crippen LogP contribution in [0, 0.1) is 5.41 Å². The van der Waals surface area contributed by atoms with E-state index in [-0.39, 0.29) is 18.4 Å². The van der Waals surface area contributed by atoms with Gasteiger partial charge in [0.25, 0.3) is 0 Å². The Morgan fingerprint density at radius 2 is 2.00 bits per heavy atom. The molecule has 2 rings (SSSR count). The average Bonchev–Trinajstić information content (AvgIpc) is 2.58. The summed E-state index contributed by atoms with van der Waals surface area (Å²) in [6.07, 6.45) is 4.84. The lowest BCUT2D eigenvalue weighted by Gasteiger charge is -2.58. The molecule has 1 amide bonds. The van der Waals surface area contributed by atoms with Crippen molar-refractivity contribution in [3.05, 3.63) is 42.0 Å². The van der Waals surface area contributed by atoms with E-state index in [1.807, 2.05) is 63.3 Å². The Morgan fingerprint density at radius 1 is 1.32 bits per heavy atom. The van der Waals surface area contributed by atoms with Gasteiger partial charge in [-0.3, -0.25) is 4.79 Å². The summed E-state index contributed by atoms with van der Waals surface area (Å²) in [7, 11) is 0. The van der Waals surface area contributed by atoms with E-state index in [0.717, 1.165) is 5.56 Å². The summed E-state index contributed by atoms with van der Waals surface area (Å²) >= 11 is 0. The van der Waals surface area contributed by atoms with Crippen LogP contribution in [-0.4, -0.2) is 35.2 Å². The molecule has 5 heteroatoms. The van der Waals surface area contributed by atoms with Gasteiger partial charge in [0.05, 0.1) is 6.10 Å². The van der Waals surface area contributed by atoms with Gasteiger partial charge in [-0.1, -0.05) is 56.3 Å². The summed E-state index contributed by atoms with van der Waals surface area (Å²) in [6.45, 7) is 6.08. The maximum absolute atomic E-state index is 12.3. The van der Waals surface area contributed by atoms with Crippen LogP contribution in [0.3, 0.4) is 0 Å². The first-order chi connectivity index (χ1) is 11.8. The highest BCUT2D eigenvalue weighted by Crippen LogP contribution is 2.51. The summed E-state index contributed by atoms with van der Waals surface area (Å²) in [5.74, 6) is -1.25.